The Kier molecular flexibility index (Phi) is 7.70. The summed E-state index contributed by atoms with van der Waals surface area (Å²) in [7, 11) is -3.69. The summed E-state index contributed by atoms with van der Waals surface area (Å²) in [4.78, 5) is 16.6. The number of carbonyl (C=O) groups excluding carboxylic acids is 1. The molecule has 2 aromatic rings. The molecule has 1 N–H and O–H groups in total. The van der Waals surface area contributed by atoms with Gasteiger partial charge in [-0.25, -0.2) is 8.42 Å². The number of rotatable bonds is 8. The van der Waals surface area contributed by atoms with Gasteiger partial charge in [0.05, 0.1) is 36.4 Å². The third kappa shape index (κ3) is 5.75. The second-order valence-electron chi connectivity index (χ2n) is 8.53. The molecule has 2 aliphatic heterocycles. The van der Waals surface area contributed by atoms with E-state index in [0.717, 1.165) is 19.4 Å². The van der Waals surface area contributed by atoms with Crippen LogP contribution in [-0.4, -0.2) is 69.0 Å². The van der Waals surface area contributed by atoms with Crippen LogP contribution in [0, 0.1) is 0 Å². The number of nitrogens with zero attached hydrogens (tertiary/aromatic N) is 2. The van der Waals surface area contributed by atoms with E-state index in [4.69, 9.17) is 9.47 Å². The molecule has 2 aliphatic rings. The number of hydrogen-bond acceptors (Lipinski definition) is 7. The summed E-state index contributed by atoms with van der Waals surface area (Å²) in [5.41, 5.74) is 0.370. The Bertz CT molecular complexity index is 1050. The molecule has 4 rings (SSSR count). The summed E-state index contributed by atoms with van der Waals surface area (Å²) in [5, 5.41) is 4.97. The number of sulfonamides is 1. The van der Waals surface area contributed by atoms with Crippen molar-refractivity contribution >= 4 is 33.0 Å². The molecule has 0 bridgehead atoms. The molecule has 1 aromatic carbocycles. The van der Waals surface area contributed by atoms with E-state index in [1.807, 2.05) is 19.9 Å². The normalized spacial score (nSPS) is 20.3. The van der Waals surface area contributed by atoms with Crippen molar-refractivity contribution in [2.45, 2.75) is 43.7 Å². The van der Waals surface area contributed by atoms with E-state index < -0.39 is 10.0 Å². The lowest BCUT2D eigenvalue weighted by atomic mass is 10.2. The van der Waals surface area contributed by atoms with Crippen LogP contribution in [0.2, 0.25) is 0 Å². The predicted molar refractivity (Wildman–Crippen MR) is 128 cm³/mol. The number of ether oxygens (including phenoxy) is 2. The molecule has 0 aliphatic carbocycles. The van der Waals surface area contributed by atoms with Crippen LogP contribution in [0.25, 0.3) is 0 Å². The molecule has 1 aromatic heterocycles. The minimum atomic E-state index is -3.69. The highest BCUT2D eigenvalue weighted by Crippen LogP contribution is 2.35. The van der Waals surface area contributed by atoms with Crippen LogP contribution in [0.5, 0.6) is 5.75 Å². The smallest absolute Gasteiger partial charge is 0.243 e. The van der Waals surface area contributed by atoms with Crippen molar-refractivity contribution in [2.75, 3.05) is 44.7 Å². The van der Waals surface area contributed by atoms with Gasteiger partial charge in [0, 0.05) is 24.0 Å². The van der Waals surface area contributed by atoms with Crippen LogP contribution in [0.4, 0.5) is 5.69 Å². The third-order valence-electron chi connectivity index (χ3n) is 5.78. The highest BCUT2D eigenvalue weighted by molar-refractivity contribution is 7.89. The van der Waals surface area contributed by atoms with Crippen molar-refractivity contribution in [3.63, 3.8) is 0 Å². The molecule has 2 fully saturated rings. The minimum Gasteiger partial charge on any atom is -0.489 e. The number of anilines is 1. The molecule has 0 unspecified atom stereocenters. The molecule has 1 amide bonds. The zero-order chi connectivity index (χ0) is 23.4. The Morgan fingerprint density at radius 3 is 2.73 bits per heavy atom. The van der Waals surface area contributed by atoms with Gasteiger partial charge < -0.3 is 14.8 Å². The molecule has 0 saturated carbocycles. The zero-order valence-corrected chi connectivity index (χ0v) is 20.7. The molecule has 8 nitrogen and oxygen atoms in total. The highest BCUT2D eigenvalue weighted by atomic mass is 32.2. The van der Waals surface area contributed by atoms with Crippen molar-refractivity contribution in [2.24, 2.45) is 0 Å². The van der Waals surface area contributed by atoms with Crippen LogP contribution in [0.1, 0.15) is 37.6 Å². The fourth-order valence-electron chi connectivity index (χ4n) is 4.25. The Hall–Kier alpha value is -1.98. The lowest BCUT2D eigenvalue weighted by Gasteiger charge is -2.26. The first-order chi connectivity index (χ1) is 15.8. The van der Waals surface area contributed by atoms with Crippen molar-refractivity contribution in [3.8, 4) is 5.75 Å². The fraction of sp³-hybridized carbons (Fsp3) is 0.522. The van der Waals surface area contributed by atoms with Crippen LogP contribution >= 0.6 is 11.3 Å². The monoisotopic (exact) mass is 493 g/mol. The molecular formula is C23H31N3O5S2. The SMILES string of the molecule is CC(C)Oc1ccc(S(=O)(=O)N2CCOCC2)cc1NC(=O)CN1CCC[C@@H]1c1cccs1. The molecule has 0 spiro atoms. The van der Waals surface area contributed by atoms with Gasteiger partial charge in [-0.1, -0.05) is 6.07 Å². The topological polar surface area (TPSA) is 88.2 Å². The Balaban J connectivity index is 1.53. The van der Waals surface area contributed by atoms with Gasteiger partial charge in [0.25, 0.3) is 0 Å². The lowest BCUT2D eigenvalue weighted by Crippen LogP contribution is -2.40. The van der Waals surface area contributed by atoms with Crippen molar-refractivity contribution in [1.29, 1.82) is 0 Å². The standard InChI is InChI=1S/C23H31N3O5S2/c1-17(2)31-21-8-7-18(33(28,29)26-10-12-30-13-11-26)15-19(21)24-23(27)16-25-9-3-5-20(25)22-6-4-14-32-22/h4,6-8,14-15,17,20H,3,5,9-13,16H2,1-2H3,(H,24,27)/t20-/m1/s1. The second-order valence-corrected chi connectivity index (χ2v) is 11.5. The first-order valence-corrected chi connectivity index (χ1v) is 13.6. The summed E-state index contributed by atoms with van der Waals surface area (Å²) >= 11 is 1.71. The third-order valence-corrected chi connectivity index (χ3v) is 8.65. The number of carbonyl (C=O) groups is 1. The molecule has 2 saturated heterocycles. The van der Waals surface area contributed by atoms with Crippen LogP contribution in [0.15, 0.2) is 40.6 Å². The van der Waals surface area contributed by atoms with E-state index in [2.05, 4.69) is 21.7 Å². The Morgan fingerprint density at radius 1 is 1.24 bits per heavy atom. The van der Waals surface area contributed by atoms with Crippen molar-refractivity contribution in [3.05, 3.63) is 40.6 Å². The average Bonchev–Trinajstić information content (AvgIpc) is 3.47. The van der Waals surface area contributed by atoms with Gasteiger partial charge >= 0.3 is 0 Å². The van der Waals surface area contributed by atoms with Gasteiger partial charge in [-0.2, -0.15) is 4.31 Å². The maximum atomic E-state index is 13.1. The summed E-state index contributed by atoms with van der Waals surface area (Å²) in [5.74, 6) is 0.267. The first kappa shape index (κ1) is 24.2. The molecule has 3 heterocycles. The molecule has 0 radical (unpaired) electrons. The van der Waals surface area contributed by atoms with Crippen molar-refractivity contribution in [1.82, 2.24) is 9.21 Å². The quantitative estimate of drug-likeness (QED) is 0.607. The van der Waals surface area contributed by atoms with Gasteiger partial charge in [0.2, 0.25) is 15.9 Å². The number of nitrogens with one attached hydrogen (secondary N) is 1. The van der Waals surface area contributed by atoms with E-state index in [1.54, 1.807) is 17.4 Å². The molecule has 10 heteroatoms. The minimum absolute atomic E-state index is 0.121. The second kappa shape index (κ2) is 10.5. The zero-order valence-electron chi connectivity index (χ0n) is 19.0. The Labute approximate surface area is 199 Å². The molecule has 180 valence electrons. The summed E-state index contributed by atoms with van der Waals surface area (Å²) in [6, 6.07) is 9.04. The van der Waals surface area contributed by atoms with Gasteiger partial charge in [-0.3, -0.25) is 9.69 Å². The van der Waals surface area contributed by atoms with E-state index in [-0.39, 0.29) is 29.5 Å². The van der Waals surface area contributed by atoms with E-state index >= 15 is 0 Å². The number of amides is 1. The van der Waals surface area contributed by atoms with Gasteiger partial charge in [0.15, 0.2) is 0 Å². The molecular weight excluding hydrogens is 462 g/mol. The highest BCUT2D eigenvalue weighted by Gasteiger charge is 2.30. The van der Waals surface area contributed by atoms with Crippen molar-refractivity contribution < 1.29 is 22.7 Å². The summed E-state index contributed by atoms with van der Waals surface area (Å²) in [6.45, 7) is 6.25. The lowest BCUT2D eigenvalue weighted by molar-refractivity contribution is -0.117. The van der Waals surface area contributed by atoms with Gasteiger partial charge in [0.1, 0.15) is 5.75 Å². The molecule has 33 heavy (non-hydrogen) atoms. The fourth-order valence-corrected chi connectivity index (χ4v) is 6.58. The van der Waals surface area contributed by atoms with Gasteiger partial charge in [-0.15, -0.1) is 11.3 Å². The number of hydrogen-bond donors (Lipinski definition) is 1. The van der Waals surface area contributed by atoms with Gasteiger partial charge in [-0.05, 0) is 62.9 Å². The largest absolute Gasteiger partial charge is 0.489 e. The number of likely N-dealkylation sites (tertiary alicyclic amines) is 1. The van der Waals surface area contributed by atoms with Crippen LogP contribution in [0.3, 0.4) is 0 Å². The van der Waals surface area contributed by atoms with E-state index in [1.165, 1.54) is 21.3 Å². The summed E-state index contributed by atoms with van der Waals surface area (Å²) < 4.78 is 38.8. The summed E-state index contributed by atoms with van der Waals surface area (Å²) in [6.07, 6.45) is 1.96. The van der Waals surface area contributed by atoms with E-state index in [0.29, 0.717) is 37.7 Å². The number of morpholine rings is 1. The van der Waals surface area contributed by atoms with Crippen LogP contribution in [-0.2, 0) is 19.6 Å². The number of thiophene rings is 1. The number of benzene rings is 1. The maximum absolute atomic E-state index is 13.1. The first-order valence-electron chi connectivity index (χ1n) is 11.3. The average molecular weight is 494 g/mol. The van der Waals surface area contributed by atoms with Crippen LogP contribution < -0.4 is 10.1 Å². The molecule has 1 atom stereocenters. The maximum Gasteiger partial charge on any atom is 0.243 e. The van der Waals surface area contributed by atoms with E-state index in [9.17, 15) is 13.2 Å². The Morgan fingerprint density at radius 2 is 2.03 bits per heavy atom. The predicted octanol–water partition coefficient (Wildman–Crippen LogP) is 3.33.